The van der Waals surface area contributed by atoms with Crippen LogP contribution in [0.15, 0.2) is 24.5 Å². The van der Waals surface area contributed by atoms with Gasteiger partial charge in [-0.25, -0.2) is 0 Å². The second-order valence-electron chi connectivity index (χ2n) is 5.15. The van der Waals surface area contributed by atoms with Gasteiger partial charge in [-0.05, 0) is 37.6 Å². The van der Waals surface area contributed by atoms with Crippen LogP contribution in [-0.2, 0) is 16.1 Å². The van der Waals surface area contributed by atoms with Gasteiger partial charge in [0.05, 0.1) is 12.5 Å². The van der Waals surface area contributed by atoms with Crippen LogP contribution in [0.5, 0.6) is 0 Å². The lowest BCUT2D eigenvalue weighted by Crippen LogP contribution is -2.47. The van der Waals surface area contributed by atoms with E-state index in [-0.39, 0.29) is 11.4 Å². The molecular weight excluding hydrogens is 228 g/mol. The van der Waals surface area contributed by atoms with E-state index >= 15 is 0 Å². The molecule has 0 saturated heterocycles. The molecule has 1 aliphatic carbocycles. The quantitative estimate of drug-likeness (QED) is 0.746. The van der Waals surface area contributed by atoms with Gasteiger partial charge in [-0.15, -0.1) is 0 Å². The highest BCUT2D eigenvalue weighted by molar-refractivity contribution is 5.78. The molecule has 1 heterocycles. The van der Waals surface area contributed by atoms with Gasteiger partial charge in [-0.1, -0.05) is 6.42 Å². The van der Waals surface area contributed by atoms with Gasteiger partial charge in [-0.3, -0.25) is 9.78 Å². The summed E-state index contributed by atoms with van der Waals surface area (Å²) in [6.45, 7) is 1.60. The molecule has 0 amide bonds. The molecule has 1 aliphatic rings. The molecular formula is C14H20N2O2. The van der Waals surface area contributed by atoms with Crippen LogP contribution in [0.1, 0.15) is 24.8 Å². The number of rotatable bonds is 5. The van der Waals surface area contributed by atoms with E-state index in [0.717, 1.165) is 32.4 Å². The van der Waals surface area contributed by atoms with Crippen molar-refractivity contribution in [2.24, 2.45) is 5.41 Å². The van der Waals surface area contributed by atoms with Crippen molar-refractivity contribution < 1.29 is 9.53 Å². The minimum absolute atomic E-state index is 0.0599. The largest absolute Gasteiger partial charge is 0.469 e. The summed E-state index contributed by atoms with van der Waals surface area (Å²) in [5.74, 6) is -0.0599. The molecule has 1 aromatic rings. The Hall–Kier alpha value is -1.42. The summed E-state index contributed by atoms with van der Waals surface area (Å²) in [7, 11) is 3.52. The highest BCUT2D eigenvalue weighted by Crippen LogP contribution is 2.42. The average molecular weight is 248 g/mol. The number of pyridine rings is 1. The normalized spacial score (nSPS) is 17.3. The van der Waals surface area contributed by atoms with Gasteiger partial charge < -0.3 is 9.64 Å². The van der Waals surface area contributed by atoms with E-state index in [0.29, 0.717) is 0 Å². The highest BCUT2D eigenvalue weighted by Gasteiger charge is 2.45. The van der Waals surface area contributed by atoms with Gasteiger partial charge in [0.15, 0.2) is 0 Å². The smallest absolute Gasteiger partial charge is 0.313 e. The zero-order chi connectivity index (χ0) is 13.0. The lowest BCUT2D eigenvalue weighted by atomic mass is 9.68. The predicted molar refractivity (Wildman–Crippen MR) is 68.9 cm³/mol. The Balaban J connectivity index is 1.94. The van der Waals surface area contributed by atoms with Crippen LogP contribution >= 0.6 is 0 Å². The number of nitrogens with zero attached hydrogens (tertiary/aromatic N) is 2. The first kappa shape index (κ1) is 13.0. The first-order valence-electron chi connectivity index (χ1n) is 6.32. The summed E-state index contributed by atoms with van der Waals surface area (Å²) in [5, 5.41) is 0. The first-order valence-corrected chi connectivity index (χ1v) is 6.32. The van der Waals surface area contributed by atoms with Gasteiger partial charge >= 0.3 is 5.97 Å². The monoisotopic (exact) mass is 248 g/mol. The molecule has 0 bridgehead atoms. The third kappa shape index (κ3) is 2.70. The van der Waals surface area contributed by atoms with Gasteiger partial charge in [0.25, 0.3) is 0 Å². The van der Waals surface area contributed by atoms with Crippen LogP contribution in [0.2, 0.25) is 0 Å². The van der Waals surface area contributed by atoms with Crippen molar-refractivity contribution in [3.8, 4) is 0 Å². The number of carbonyl (C=O) groups is 1. The standard InChI is InChI=1S/C14H20N2O2/c1-16(10-12-4-8-15-9-5-12)11-14(6-3-7-14)13(17)18-2/h4-5,8-9H,3,6-7,10-11H2,1-2H3. The summed E-state index contributed by atoms with van der Waals surface area (Å²) in [6.07, 6.45) is 6.60. The zero-order valence-corrected chi connectivity index (χ0v) is 11.1. The molecule has 0 unspecified atom stereocenters. The van der Waals surface area contributed by atoms with Gasteiger partial charge in [-0.2, -0.15) is 0 Å². The molecule has 1 aromatic heterocycles. The van der Waals surface area contributed by atoms with Crippen LogP contribution in [0.3, 0.4) is 0 Å². The number of esters is 1. The van der Waals surface area contributed by atoms with E-state index in [1.54, 1.807) is 12.4 Å². The maximum atomic E-state index is 11.8. The molecule has 0 atom stereocenters. The maximum Gasteiger partial charge on any atom is 0.313 e. The van der Waals surface area contributed by atoms with Crippen LogP contribution in [0.4, 0.5) is 0 Å². The Morgan fingerprint density at radius 1 is 1.44 bits per heavy atom. The van der Waals surface area contributed by atoms with Crippen molar-refractivity contribution in [1.82, 2.24) is 9.88 Å². The van der Waals surface area contributed by atoms with Crippen LogP contribution in [0, 0.1) is 5.41 Å². The van der Waals surface area contributed by atoms with Crippen LogP contribution in [-0.4, -0.2) is 36.6 Å². The molecule has 4 heteroatoms. The Kier molecular flexibility index (Phi) is 3.97. The van der Waals surface area contributed by atoms with Gasteiger partial charge in [0.1, 0.15) is 0 Å². The van der Waals surface area contributed by atoms with Crippen molar-refractivity contribution in [2.75, 3.05) is 20.7 Å². The molecule has 1 fully saturated rings. The molecule has 18 heavy (non-hydrogen) atoms. The third-order valence-corrected chi connectivity index (χ3v) is 3.70. The number of carbonyl (C=O) groups excluding carboxylic acids is 1. The minimum Gasteiger partial charge on any atom is -0.469 e. The number of hydrogen-bond acceptors (Lipinski definition) is 4. The molecule has 4 nitrogen and oxygen atoms in total. The average Bonchev–Trinajstić information content (AvgIpc) is 2.34. The van der Waals surface area contributed by atoms with Gasteiger partial charge in [0, 0.05) is 25.5 Å². The molecule has 1 saturated carbocycles. The van der Waals surface area contributed by atoms with E-state index < -0.39 is 0 Å². The zero-order valence-electron chi connectivity index (χ0n) is 11.1. The van der Waals surface area contributed by atoms with Crippen molar-refractivity contribution in [3.63, 3.8) is 0 Å². The van der Waals surface area contributed by atoms with E-state index in [1.807, 2.05) is 19.2 Å². The highest BCUT2D eigenvalue weighted by atomic mass is 16.5. The topological polar surface area (TPSA) is 42.4 Å². The lowest BCUT2D eigenvalue weighted by Gasteiger charge is -2.41. The summed E-state index contributed by atoms with van der Waals surface area (Å²) >= 11 is 0. The van der Waals surface area contributed by atoms with Crippen molar-refractivity contribution in [1.29, 1.82) is 0 Å². The Morgan fingerprint density at radius 2 is 2.11 bits per heavy atom. The molecule has 98 valence electrons. The fraction of sp³-hybridized carbons (Fsp3) is 0.571. The second-order valence-corrected chi connectivity index (χ2v) is 5.15. The van der Waals surface area contributed by atoms with Gasteiger partial charge in [0.2, 0.25) is 0 Å². The Labute approximate surface area is 108 Å². The molecule has 0 aromatic carbocycles. The minimum atomic E-state index is -0.267. The SMILES string of the molecule is COC(=O)C1(CN(C)Cc2ccncc2)CCC1. The lowest BCUT2D eigenvalue weighted by molar-refractivity contribution is -0.160. The van der Waals surface area contributed by atoms with Crippen LogP contribution < -0.4 is 0 Å². The van der Waals surface area contributed by atoms with Crippen molar-refractivity contribution in [3.05, 3.63) is 30.1 Å². The molecule has 0 spiro atoms. The number of aromatic nitrogens is 1. The van der Waals surface area contributed by atoms with Crippen molar-refractivity contribution in [2.45, 2.75) is 25.8 Å². The Bertz CT molecular complexity index is 402. The number of methoxy groups -OCH3 is 1. The maximum absolute atomic E-state index is 11.8. The van der Waals surface area contributed by atoms with Crippen molar-refractivity contribution >= 4 is 5.97 Å². The van der Waals surface area contributed by atoms with E-state index in [4.69, 9.17) is 4.74 Å². The third-order valence-electron chi connectivity index (χ3n) is 3.70. The molecule has 2 rings (SSSR count). The van der Waals surface area contributed by atoms with E-state index in [2.05, 4.69) is 9.88 Å². The number of hydrogen-bond donors (Lipinski definition) is 0. The fourth-order valence-electron chi connectivity index (χ4n) is 2.62. The Morgan fingerprint density at radius 3 is 2.61 bits per heavy atom. The number of ether oxygens (including phenoxy) is 1. The van der Waals surface area contributed by atoms with Crippen LogP contribution in [0.25, 0.3) is 0 Å². The molecule has 0 aliphatic heterocycles. The first-order chi connectivity index (χ1) is 8.66. The predicted octanol–water partition coefficient (Wildman–Crippen LogP) is 1.86. The van der Waals surface area contributed by atoms with E-state index in [9.17, 15) is 4.79 Å². The fourth-order valence-corrected chi connectivity index (χ4v) is 2.62. The summed E-state index contributed by atoms with van der Waals surface area (Å²) in [6, 6.07) is 4.00. The van der Waals surface area contributed by atoms with E-state index in [1.165, 1.54) is 12.7 Å². The summed E-state index contributed by atoms with van der Waals surface area (Å²) in [4.78, 5) is 18.0. The summed E-state index contributed by atoms with van der Waals surface area (Å²) in [5.41, 5.74) is 0.947. The molecule has 0 radical (unpaired) electrons. The molecule has 0 N–H and O–H groups in total. The summed E-state index contributed by atoms with van der Waals surface area (Å²) < 4.78 is 4.93. The second kappa shape index (κ2) is 5.48.